The van der Waals surface area contributed by atoms with E-state index in [1.165, 1.54) is 18.5 Å². The lowest BCUT2D eigenvalue weighted by molar-refractivity contribution is 0.623. The third-order valence-electron chi connectivity index (χ3n) is 2.28. The lowest BCUT2D eigenvalue weighted by atomic mass is 10.1. The Bertz CT molecular complexity index is 517. The average molecular weight is 233 g/mol. The Balaban J connectivity index is 2.14. The van der Waals surface area contributed by atoms with Gasteiger partial charge in [0.2, 0.25) is 11.9 Å². The zero-order chi connectivity index (χ0) is 12.3. The van der Waals surface area contributed by atoms with Gasteiger partial charge < -0.3 is 11.1 Å². The Morgan fingerprint density at radius 1 is 1.35 bits per heavy atom. The van der Waals surface area contributed by atoms with Crippen molar-refractivity contribution < 1.29 is 4.39 Å². The molecule has 1 aromatic heterocycles. The lowest BCUT2D eigenvalue weighted by Gasteiger charge is -2.13. The second kappa shape index (κ2) is 4.73. The van der Waals surface area contributed by atoms with Gasteiger partial charge in [-0.1, -0.05) is 12.1 Å². The van der Waals surface area contributed by atoms with Gasteiger partial charge in [0.25, 0.3) is 0 Å². The molecule has 0 fully saturated rings. The van der Waals surface area contributed by atoms with Crippen molar-refractivity contribution >= 4 is 11.9 Å². The quantitative estimate of drug-likeness (QED) is 0.844. The van der Waals surface area contributed by atoms with Crippen LogP contribution in [0.5, 0.6) is 0 Å². The van der Waals surface area contributed by atoms with E-state index in [9.17, 15) is 4.39 Å². The van der Waals surface area contributed by atoms with Crippen LogP contribution in [0.4, 0.5) is 16.3 Å². The molecule has 0 spiro atoms. The van der Waals surface area contributed by atoms with E-state index in [-0.39, 0.29) is 17.8 Å². The molecule has 0 aliphatic rings. The van der Waals surface area contributed by atoms with E-state index in [2.05, 4.69) is 20.3 Å². The molecular formula is C11H12FN5. The molecule has 88 valence electrons. The molecule has 0 amide bonds. The summed E-state index contributed by atoms with van der Waals surface area (Å²) in [5.41, 5.74) is 6.24. The standard InChI is InChI=1S/C11H12FN5/c1-7(8-3-2-4-9(12)5-8)16-11-15-6-14-10(13)17-11/h2-7H,1H3,(H3,13,14,15,16,17). The van der Waals surface area contributed by atoms with E-state index in [1.807, 2.05) is 13.0 Å². The van der Waals surface area contributed by atoms with Gasteiger partial charge in [-0.05, 0) is 24.6 Å². The molecule has 0 aliphatic heterocycles. The molecule has 0 saturated heterocycles. The van der Waals surface area contributed by atoms with Gasteiger partial charge in [-0.2, -0.15) is 4.98 Å². The van der Waals surface area contributed by atoms with Crippen LogP contribution in [0.25, 0.3) is 0 Å². The first-order valence-corrected chi connectivity index (χ1v) is 5.11. The molecule has 1 atom stereocenters. The first-order chi connectivity index (χ1) is 8.15. The third-order valence-corrected chi connectivity index (χ3v) is 2.28. The van der Waals surface area contributed by atoms with Gasteiger partial charge in [-0.15, -0.1) is 0 Å². The number of aromatic nitrogens is 3. The molecule has 3 N–H and O–H groups in total. The van der Waals surface area contributed by atoms with Crippen molar-refractivity contribution in [2.75, 3.05) is 11.1 Å². The number of nitrogens with one attached hydrogen (secondary N) is 1. The maximum Gasteiger partial charge on any atom is 0.227 e. The molecule has 2 aromatic rings. The fourth-order valence-electron chi connectivity index (χ4n) is 1.43. The number of benzene rings is 1. The summed E-state index contributed by atoms with van der Waals surface area (Å²) < 4.78 is 13.0. The number of hydrogen-bond acceptors (Lipinski definition) is 5. The number of nitrogens with zero attached hydrogens (tertiary/aromatic N) is 3. The molecule has 2 rings (SSSR count). The Labute approximate surface area is 97.9 Å². The molecule has 0 aliphatic carbocycles. The summed E-state index contributed by atoms with van der Waals surface area (Å²) in [6, 6.07) is 6.22. The summed E-state index contributed by atoms with van der Waals surface area (Å²) in [6.45, 7) is 1.88. The topological polar surface area (TPSA) is 76.7 Å². The highest BCUT2D eigenvalue weighted by Crippen LogP contribution is 2.17. The van der Waals surface area contributed by atoms with Gasteiger partial charge in [0.1, 0.15) is 12.1 Å². The molecule has 17 heavy (non-hydrogen) atoms. The number of nitrogen functional groups attached to an aromatic ring is 1. The molecule has 5 nitrogen and oxygen atoms in total. The summed E-state index contributed by atoms with van der Waals surface area (Å²) in [6.07, 6.45) is 1.32. The van der Waals surface area contributed by atoms with Gasteiger partial charge in [0, 0.05) is 0 Å². The average Bonchev–Trinajstić information content (AvgIpc) is 2.29. The zero-order valence-electron chi connectivity index (χ0n) is 9.26. The predicted molar refractivity (Wildman–Crippen MR) is 62.7 cm³/mol. The molecular weight excluding hydrogens is 221 g/mol. The van der Waals surface area contributed by atoms with Crippen molar-refractivity contribution in [3.8, 4) is 0 Å². The predicted octanol–water partition coefficient (Wildman–Crippen LogP) is 1.77. The lowest BCUT2D eigenvalue weighted by Crippen LogP contribution is -2.10. The molecule has 0 saturated carbocycles. The van der Waals surface area contributed by atoms with Crippen LogP contribution in [0.3, 0.4) is 0 Å². The van der Waals surface area contributed by atoms with Crippen LogP contribution in [0, 0.1) is 5.82 Å². The van der Waals surface area contributed by atoms with E-state index in [1.54, 1.807) is 6.07 Å². The van der Waals surface area contributed by atoms with E-state index in [4.69, 9.17) is 5.73 Å². The number of anilines is 2. The van der Waals surface area contributed by atoms with Gasteiger partial charge in [0.05, 0.1) is 6.04 Å². The highest BCUT2D eigenvalue weighted by Gasteiger charge is 2.07. The van der Waals surface area contributed by atoms with Gasteiger partial charge >= 0.3 is 0 Å². The van der Waals surface area contributed by atoms with Crippen LogP contribution >= 0.6 is 0 Å². The second-order valence-corrected chi connectivity index (χ2v) is 3.59. The summed E-state index contributed by atoms with van der Waals surface area (Å²) in [4.78, 5) is 11.5. The van der Waals surface area contributed by atoms with E-state index < -0.39 is 0 Å². The highest BCUT2D eigenvalue weighted by atomic mass is 19.1. The van der Waals surface area contributed by atoms with Crippen LogP contribution < -0.4 is 11.1 Å². The summed E-state index contributed by atoms with van der Waals surface area (Å²) >= 11 is 0. The first kappa shape index (κ1) is 11.3. The minimum Gasteiger partial charge on any atom is -0.368 e. The monoisotopic (exact) mass is 233 g/mol. The van der Waals surface area contributed by atoms with E-state index in [0.29, 0.717) is 5.95 Å². The van der Waals surface area contributed by atoms with Crippen molar-refractivity contribution in [2.45, 2.75) is 13.0 Å². The Kier molecular flexibility index (Phi) is 3.13. The van der Waals surface area contributed by atoms with Crippen LogP contribution in [-0.4, -0.2) is 15.0 Å². The minimum absolute atomic E-state index is 0.118. The van der Waals surface area contributed by atoms with Crippen molar-refractivity contribution in [3.63, 3.8) is 0 Å². The zero-order valence-corrected chi connectivity index (χ0v) is 9.26. The molecule has 1 unspecified atom stereocenters. The minimum atomic E-state index is -0.272. The fraction of sp³-hybridized carbons (Fsp3) is 0.182. The van der Waals surface area contributed by atoms with Gasteiger partial charge in [-0.3, -0.25) is 0 Å². The van der Waals surface area contributed by atoms with Crippen molar-refractivity contribution in [2.24, 2.45) is 0 Å². The molecule has 0 radical (unpaired) electrons. The third kappa shape index (κ3) is 2.87. The summed E-state index contributed by atoms with van der Waals surface area (Å²) in [5, 5.41) is 3.02. The van der Waals surface area contributed by atoms with Crippen molar-refractivity contribution in [1.29, 1.82) is 0 Å². The molecule has 1 heterocycles. The number of hydrogen-bond donors (Lipinski definition) is 2. The second-order valence-electron chi connectivity index (χ2n) is 3.59. The number of halogens is 1. The largest absolute Gasteiger partial charge is 0.368 e. The maximum atomic E-state index is 13.0. The Morgan fingerprint density at radius 2 is 2.18 bits per heavy atom. The number of nitrogens with two attached hydrogens (primary N) is 1. The SMILES string of the molecule is CC(Nc1ncnc(N)n1)c1cccc(F)c1. The summed E-state index contributed by atoms with van der Waals surface area (Å²) in [5.74, 6) is 0.245. The smallest absolute Gasteiger partial charge is 0.227 e. The van der Waals surface area contributed by atoms with Crippen LogP contribution in [0.1, 0.15) is 18.5 Å². The van der Waals surface area contributed by atoms with Crippen LogP contribution in [0.2, 0.25) is 0 Å². The van der Waals surface area contributed by atoms with Crippen LogP contribution in [-0.2, 0) is 0 Å². The van der Waals surface area contributed by atoms with Crippen LogP contribution in [0.15, 0.2) is 30.6 Å². The normalized spacial score (nSPS) is 12.1. The Hall–Kier alpha value is -2.24. The Morgan fingerprint density at radius 3 is 2.88 bits per heavy atom. The molecule has 1 aromatic carbocycles. The maximum absolute atomic E-state index is 13.0. The fourth-order valence-corrected chi connectivity index (χ4v) is 1.43. The highest BCUT2D eigenvalue weighted by molar-refractivity contribution is 5.33. The summed E-state index contributed by atoms with van der Waals surface area (Å²) in [7, 11) is 0. The van der Waals surface area contributed by atoms with Crippen molar-refractivity contribution in [3.05, 3.63) is 42.0 Å². The van der Waals surface area contributed by atoms with Gasteiger partial charge in [0.15, 0.2) is 0 Å². The first-order valence-electron chi connectivity index (χ1n) is 5.11. The van der Waals surface area contributed by atoms with Crippen molar-refractivity contribution in [1.82, 2.24) is 15.0 Å². The number of rotatable bonds is 3. The molecule has 6 heteroatoms. The van der Waals surface area contributed by atoms with E-state index in [0.717, 1.165) is 5.56 Å². The molecule has 0 bridgehead atoms. The van der Waals surface area contributed by atoms with E-state index >= 15 is 0 Å². The van der Waals surface area contributed by atoms with Gasteiger partial charge in [-0.25, -0.2) is 14.4 Å².